The first-order valence-corrected chi connectivity index (χ1v) is 4.94. The summed E-state index contributed by atoms with van der Waals surface area (Å²) >= 11 is 2.04. The molecule has 0 radical (unpaired) electrons. The zero-order valence-corrected chi connectivity index (χ0v) is 9.25. The minimum atomic E-state index is -1.78. The third kappa shape index (κ3) is 2.66. The molecule has 0 saturated heterocycles. The van der Waals surface area contributed by atoms with E-state index in [-0.39, 0.29) is 0 Å². The standard InChI is InChI=1S/C9H9IO4/c10-6-3-1-2-5(4-6)7(11)8(12)9(13)14/h1-4,7-8,11-12H,(H,13,14). The number of halogens is 1. The minimum Gasteiger partial charge on any atom is -0.479 e. The van der Waals surface area contributed by atoms with Gasteiger partial charge < -0.3 is 15.3 Å². The number of hydrogen-bond donors (Lipinski definition) is 3. The Kier molecular flexibility index (Phi) is 3.85. The van der Waals surface area contributed by atoms with Gasteiger partial charge in [-0.25, -0.2) is 4.79 Å². The summed E-state index contributed by atoms with van der Waals surface area (Å²) in [5.41, 5.74) is 0.395. The van der Waals surface area contributed by atoms with Gasteiger partial charge in [0.05, 0.1) is 0 Å². The van der Waals surface area contributed by atoms with Crippen molar-refractivity contribution < 1.29 is 20.1 Å². The highest BCUT2D eigenvalue weighted by Gasteiger charge is 2.24. The van der Waals surface area contributed by atoms with Crippen LogP contribution < -0.4 is 0 Å². The maximum atomic E-state index is 10.4. The van der Waals surface area contributed by atoms with E-state index in [1.54, 1.807) is 18.2 Å². The fourth-order valence-corrected chi connectivity index (χ4v) is 1.58. The van der Waals surface area contributed by atoms with Crippen LogP contribution in [0, 0.1) is 3.57 Å². The number of aliphatic hydroxyl groups excluding tert-OH is 2. The highest BCUT2D eigenvalue weighted by molar-refractivity contribution is 14.1. The van der Waals surface area contributed by atoms with Crippen LogP contribution in [0.25, 0.3) is 0 Å². The maximum absolute atomic E-state index is 10.4. The smallest absolute Gasteiger partial charge is 0.335 e. The van der Waals surface area contributed by atoms with Crippen molar-refractivity contribution in [2.75, 3.05) is 0 Å². The summed E-state index contributed by atoms with van der Waals surface area (Å²) in [5.74, 6) is -1.43. The molecule has 14 heavy (non-hydrogen) atoms. The number of carbonyl (C=O) groups is 1. The molecule has 2 unspecified atom stereocenters. The van der Waals surface area contributed by atoms with Crippen molar-refractivity contribution in [2.24, 2.45) is 0 Å². The molecule has 0 aliphatic carbocycles. The van der Waals surface area contributed by atoms with Crippen molar-refractivity contribution in [2.45, 2.75) is 12.2 Å². The van der Waals surface area contributed by atoms with Gasteiger partial charge in [0.15, 0.2) is 6.10 Å². The molecule has 0 amide bonds. The SMILES string of the molecule is O=C(O)C(O)C(O)c1cccc(I)c1. The van der Waals surface area contributed by atoms with Gasteiger partial charge in [-0.3, -0.25) is 0 Å². The molecule has 0 heterocycles. The molecule has 0 aromatic heterocycles. The first-order chi connectivity index (χ1) is 6.52. The average Bonchev–Trinajstić information content (AvgIpc) is 2.15. The first kappa shape index (κ1) is 11.4. The van der Waals surface area contributed by atoms with Crippen LogP contribution in [0.15, 0.2) is 24.3 Å². The molecule has 1 rings (SSSR count). The van der Waals surface area contributed by atoms with E-state index in [2.05, 4.69) is 0 Å². The average molecular weight is 308 g/mol. The maximum Gasteiger partial charge on any atom is 0.335 e. The Morgan fingerprint density at radius 1 is 1.36 bits per heavy atom. The summed E-state index contributed by atoms with van der Waals surface area (Å²) in [6.07, 6.45) is -3.17. The van der Waals surface area contributed by atoms with Crippen LogP contribution in [0.3, 0.4) is 0 Å². The second kappa shape index (κ2) is 4.72. The van der Waals surface area contributed by atoms with E-state index in [1.807, 2.05) is 28.7 Å². The molecule has 2 atom stereocenters. The number of carboxylic acids is 1. The lowest BCUT2D eigenvalue weighted by atomic mass is 10.1. The predicted octanol–water partition coefficient (Wildman–Crippen LogP) is 0.770. The molecule has 76 valence electrons. The minimum absolute atomic E-state index is 0.395. The lowest BCUT2D eigenvalue weighted by Crippen LogP contribution is -2.27. The Bertz CT molecular complexity index is 339. The van der Waals surface area contributed by atoms with Crippen LogP contribution in [-0.4, -0.2) is 27.4 Å². The van der Waals surface area contributed by atoms with E-state index in [9.17, 15) is 9.90 Å². The van der Waals surface area contributed by atoms with Crippen LogP contribution in [0.4, 0.5) is 0 Å². The first-order valence-electron chi connectivity index (χ1n) is 3.87. The molecule has 0 bridgehead atoms. The van der Waals surface area contributed by atoms with E-state index in [0.29, 0.717) is 5.56 Å². The largest absolute Gasteiger partial charge is 0.479 e. The normalized spacial score (nSPS) is 14.8. The highest BCUT2D eigenvalue weighted by atomic mass is 127. The Hall–Kier alpha value is -0.660. The van der Waals surface area contributed by atoms with Gasteiger partial charge in [-0.05, 0) is 40.3 Å². The van der Waals surface area contributed by atoms with E-state index >= 15 is 0 Å². The van der Waals surface area contributed by atoms with Gasteiger partial charge in [-0.15, -0.1) is 0 Å². The summed E-state index contributed by atoms with van der Waals surface area (Å²) < 4.78 is 0.872. The third-order valence-corrected chi connectivity index (χ3v) is 2.41. The number of rotatable bonds is 3. The molecule has 3 N–H and O–H groups in total. The zero-order valence-electron chi connectivity index (χ0n) is 7.09. The summed E-state index contributed by atoms with van der Waals surface area (Å²) in [7, 11) is 0. The Morgan fingerprint density at radius 2 is 2.00 bits per heavy atom. The van der Waals surface area contributed by atoms with Crippen LogP contribution in [0.2, 0.25) is 0 Å². The van der Waals surface area contributed by atoms with Gasteiger partial charge in [0.25, 0.3) is 0 Å². The summed E-state index contributed by atoms with van der Waals surface area (Å²) in [6.45, 7) is 0. The topological polar surface area (TPSA) is 77.8 Å². The van der Waals surface area contributed by atoms with E-state index in [0.717, 1.165) is 3.57 Å². The fraction of sp³-hybridized carbons (Fsp3) is 0.222. The molecule has 0 saturated carbocycles. The summed E-state index contributed by atoms with van der Waals surface area (Å²) in [5, 5.41) is 27.0. The van der Waals surface area contributed by atoms with Gasteiger partial charge in [-0.1, -0.05) is 12.1 Å². The summed E-state index contributed by atoms with van der Waals surface area (Å²) in [6, 6.07) is 6.69. The molecule has 0 aliphatic heterocycles. The lowest BCUT2D eigenvalue weighted by molar-refractivity contribution is -0.153. The van der Waals surface area contributed by atoms with E-state index < -0.39 is 18.2 Å². The van der Waals surface area contributed by atoms with Gasteiger partial charge in [0.1, 0.15) is 6.10 Å². The van der Waals surface area contributed by atoms with Crippen molar-refractivity contribution in [3.8, 4) is 0 Å². The third-order valence-electron chi connectivity index (χ3n) is 1.74. The molecular weight excluding hydrogens is 299 g/mol. The number of hydrogen-bond acceptors (Lipinski definition) is 3. The molecule has 5 heteroatoms. The van der Waals surface area contributed by atoms with Crippen molar-refractivity contribution in [1.29, 1.82) is 0 Å². The van der Waals surface area contributed by atoms with Crippen molar-refractivity contribution in [3.63, 3.8) is 0 Å². The van der Waals surface area contributed by atoms with Crippen LogP contribution >= 0.6 is 22.6 Å². The number of aliphatic hydroxyl groups is 2. The van der Waals surface area contributed by atoms with Crippen LogP contribution in [-0.2, 0) is 4.79 Å². The predicted molar refractivity (Wildman–Crippen MR) is 57.8 cm³/mol. The zero-order chi connectivity index (χ0) is 10.7. The van der Waals surface area contributed by atoms with Crippen LogP contribution in [0.1, 0.15) is 11.7 Å². The number of aliphatic carboxylic acids is 1. The van der Waals surface area contributed by atoms with Crippen molar-refractivity contribution in [3.05, 3.63) is 33.4 Å². The lowest BCUT2D eigenvalue weighted by Gasteiger charge is -2.14. The fourth-order valence-electron chi connectivity index (χ4n) is 1.01. The molecule has 0 spiro atoms. The quantitative estimate of drug-likeness (QED) is 0.721. The second-order valence-corrected chi connectivity index (χ2v) is 4.03. The highest BCUT2D eigenvalue weighted by Crippen LogP contribution is 2.19. The molecule has 1 aromatic carbocycles. The van der Waals surface area contributed by atoms with Crippen LogP contribution in [0.5, 0.6) is 0 Å². The molecular formula is C9H9IO4. The Morgan fingerprint density at radius 3 is 2.50 bits per heavy atom. The monoisotopic (exact) mass is 308 g/mol. The number of benzene rings is 1. The summed E-state index contributed by atoms with van der Waals surface area (Å²) in [4.78, 5) is 10.4. The van der Waals surface area contributed by atoms with Gasteiger partial charge >= 0.3 is 5.97 Å². The van der Waals surface area contributed by atoms with E-state index in [1.165, 1.54) is 0 Å². The number of carboxylic acid groups (broad SMARTS) is 1. The van der Waals surface area contributed by atoms with E-state index in [4.69, 9.17) is 10.2 Å². The van der Waals surface area contributed by atoms with Crippen molar-refractivity contribution in [1.82, 2.24) is 0 Å². The Balaban J connectivity index is 2.89. The second-order valence-electron chi connectivity index (χ2n) is 2.78. The molecule has 4 nitrogen and oxygen atoms in total. The molecule has 0 aliphatic rings. The van der Waals surface area contributed by atoms with Gasteiger partial charge in [0, 0.05) is 3.57 Å². The Labute approximate surface area is 94.3 Å². The molecule has 1 aromatic rings. The molecule has 0 fully saturated rings. The van der Waals surface area contributed by atoms with Gasteiger partial charge in [0.2, 0.25) is 0 Å². The van der Waals surface area contributed by atoms with Crippen molar-refractivity contribution >= 4 is 28.6 Å². The van der Waals surface area contributed by atoms with Gasteiger partial charge in [-0.2, -0.15) is 0 Å².